The molecule has 304 valence electrons. The third-order valence-corrected chi connectivity index (χ3v) is 12.9. The van der Waals surface area contributed by atoms with Crippen LogP contribution in [-0.2, 0) is 0 Å². The number of rotatable bonds is 7. The number of para-hydroxylation sites is 2. The van der Waals surface area contributed by atoms with E-state index in [1.165, 1.54) is 16.3 Å². The van der Waals surface area contributed by atoms with Crippen molar-refractivity contribution in [3.05, 3.63) is 243 Å². The third-order valence-electron chi connectivity index (χ3n) is 12.9. The van der Waals surface area contributed by atoms with Crippen molar-refractivity contribution in [1.82, 2.24) is 4.57 Å². The average Bonchev–Trinajstić information content (AvgIpc) is 3.97. The molecule has 0 fully saturated rings. The summed E-state index contributed by atoms with van der Waals surface area (Å²) in [7, 11) is 0. The van der Waals surface area contributed by atoms with Crippen LogP contribution in [0.15, 0.2) is 247 Å². The lowest BCUT2D eigenvalue weighted by molar-refractivity contribution is 0.672. The maximum Gasteiger partial charge on any atom is 0.143 e. The van der Waals surface area contributed by atoms with Crippen molar-refractivity contribution >= 4 is 82.4 Å². The van der Waals surface area contributed by atoms with E-state index in [2.05, 4.69) is 138 Å². The van der Waals surface area contributed by atoms with Crippen LogP contribution in [0.4, 0.5) is 17.1 Å². The van der Waals surface area contributed by atoms with Gasteiger partial charge in [0.15, 0.2) is 0 Å². The molecule has 3 heteroatoms. The van der Waals surface area contributed by atoms with E-state index in [1.54, 1.807) is 0 Å². The van der Waals surface area contributed by atoms with E-state index in [0.29, 0.717) is 22.5 Å². The van der Waals surface area contributed by atoms with Crippen molar-refractivity contribution in [3.8, 4) is 39.1 Å². The van der Waals surface area contributed by atoms with Crippen molar-refractivity contribution in [1.29, 1.82) is 0 Å². The molecule has 0 saturated carbocycles. The van der Waals surface area contributed by atoms with Crippen LogP contribution in [-0.4, -0.2) is 4.57 Å². The van der Waals surface area contributed by atoms with E-state index < -0.39 is 0 Å². The maximum absolute atomic E-state index is 10.3. The highest BCUT2D eigenvalue weighted by Crippen LogP contribution is 2.46. The fourth-order valence-corrected chi connectivity index (χ4v) is 9.90. The predicted octanol–water partition coefficient (Wildman–Crippen LogP) is 17.5. The van der Waals surface area contributed by atoms with E-state index in [1.807, 2.05) is 89.8 Å². The average molecular weight is 833 g/mol. The molecule has 0 aliphatic rings. The molecular formula is C62H40N2O. The van der Waals surface area contributed by atoms with Crippen LogP contribution in [0, 0.1) is 0 Å². The Morgan fingerprint density at radius 1 is 0.400 bits per heavy atom. The molecule has 0 bridgehead atoms. The van der Waals surface area contributed by atoms with Crippen molar-refractivity contribution in [2.45, 2.75) is 0 Å². The molecule has 13 rings (SSSR count). The van der Waals surface area contributed by atoms with Gasteiger partial charge in [0.2, 0.25) is 0 Å². The van der Waals surface area contributed by atoms with Gasteiger partial charge in [0.05, 0.1) is 27.6 Å². The Balaban J connectivity index is 1.03. The van der Waals surface area contributed by atoms with Crippen LogP contribution in [0.25, 0.3) is 104 Å². The summed E-state index contributed by atoms with van der Waals surface area (Å²) in [6.45, 7) is 0. The van der Waals surface area contributed by atoms with Crippen LogP contribution in [0.5, 0.6) is 0 Å². The fourth-order valence-electron chi connectivity index (χ4n) is 9.90. The number of hydrogen-bond acceptors (Lipinski definition) is 2. The normalized spacial score (nSPS) is 12.6. The van der Waals surface area contributed by atoms with Gasteiger partial charge in [0, 0.05) is 38.6 Å². The van der Waals surface area contributed by atoms with Crippen LogP contribution >= 0.6 is 0 Å². The van der Waals surface area contributed by atoms with E-state index in [4.69, 9.17) is 4.42 Å². The zero-order valence-electron chi connectivity index (χ0n) is 39.1. The first kappa shape index (κ1) is 33.0. The number of hydrogen-bond donors (Lipinski definition) is 0. The Morgan fingerprint density at radius 2 is 1.03 bits per heavy atom. The molecule has 2 heterocycles. The minimum absolute atomic E-state index is 0.0200. The maximum atomic E-state index is 10.3. The van der Waals surface area contributed by atoms with Gasteiger partial charge in [-0.2, -0.15) is 0 Å². The third kappa shape index (κ3) is 6.05. The van der Waals surface area contributed by atoms with Crippen LogP contribution in [0.2, 0.25) is 0 Å². The Labute approximate surface area is 381 Å². The monoisotopic (exact) mass is 832 g/mol. The van der Waals surface area contributed by atoms with Gasteiger partial charge in [-0.05, 0) is 116 Å². The number of aromatic nitrogens is 1. The second-order valence-corrected chi connectivity index (χ2v) is 16.5. The van der Waals surface area contributed by atoms with Crippen LogP contribution < -0.4 is 4.90 Å². The van der Waals surface area contributed by atoms with Crippen molar-refractivity contribution in [3.63, 3.8) is 0 Å². The van der Waals surface area contributed by atoms with Gasteiger partial charge in [-0.25, -0.2) is 0 Å². The van der Waals surface area contributed by atoms with Crippen LogP contribution in [0.1, 0.15) is 5.48 Å². The summed E-state index contributed by atoms with van der Waals surface area (Å²) in [6.07, 6.45) is 0. The Bertz CT molecular complexity index is 4170. The van der Waals surface area contributed by atoms with E-state index >= 15 is 0 Å². The number of benzene rings is 11. The first-order valence-corrected chi connectivity index (χ1v) is 21.9. The van der Waals surface area contributed by atoms with Gasteiger partial charge in [0.25, 0.3) is 0 Å². The molecule has 0 radical (unpaired) electrons. The number of anilines is 3. The molecule has 65 heavy (non-hydrogen) atoms. The second-order valence-electron chi connectivity index (χ2n) is 16.5. The Morgan fingerprint density at radius 3 is 1.86 bits per heavy atom. The summed E-state index contributed by atoms with van der Waals surface area (Å²) in [6, 6.07) is 73.6. The topological polar surface area (TPSA) is 21.3 Å². The van der Waals surface area contributed by atoms with E-state index in [0.717, 1.165) is 71.3 Å². The number of furan rings is 1. The second kappa shape index (κ2) is 15.0. The zero-order valence-corrected chi connectivity index (χ0v) is 35.1. The molecule has 0 atom stereocenters. The van der Waals surface area contributed by atoms with Gasteiger partial charge in [-0.1, -0.05) is 176 Å². The van der Waals surface area contributed by atoms with E-state index in [-0.39, 0.29) is 35.4 Å². The van der Waals surface area contributed by atoms with Gasteiger partial charge in [0.1, 0.15) is 11.2 Å². The molecule has 0 aliphatic heterocycles. The Kier molecular flexibility index (Phi) is 7.61. The number of nitrogens with zero attached hydrogens (tertiary/aromatic N) is 2. The van der Waals surface area contributed by atoms with Gasteiger partial charge in [-0.15, -0.1) is 0 Å². The summed E-state index contributed by atoms with van der Waals surface area (Å²) < 4.78 is 48.1. The van der Waals surface area contributed by atoms with Gasteiger partial charge < -0.3 is 13.9 Å². The molecular weight excluding hydrogens is 789 g/mol. The van der Waals surface area contributed by atoms with Crippen LogP contribution in [0.3, 0.4) is 0 Å². The minimum Gasteiger partial charge on any atom is -0.455 e. The molecule has 11 aromatic carbocycles. The quantitative estimate of drug-likeness (QED) is 0.160. The SMILES string of the molecule is [2H]c1c([2H])c(-c2cccc3c2c2ccccc2n3-c2ccccc2)c([2H])c(N(c2ccc(-c3ccc(-c4cccc5ccccc45)cc3)cc2)c2cccc3oc4c5ccccc5ccc4c23)c1[2H]. The number of fused-ring (bicyclic) bond motifs is 9. The lowest BCUT2D eigenvalue weighted by Gasteiger charge is -2.27. The molecule has 0 amide bonds. The summed E-state index contributed by atoms with van der Waals surface area (Å²) in [5, 5.41) is 8.01. The molecule has 0 N–H and O–H groups in total. The van der Waals surface area contributed by atoms with Crippen molar-refractivity contribution < 1.29 is 9.90 Å². The lowest BCUT2D eigenvalue weighted by Crippen LogP contribution is -2.10. The van der Waals surface area contributed by atoms with Crippen molar-refractivity contribution in [2.24, 2.45) is 0 Å². The highest BCUT2D eigenvalue weighted by molar-refractivity contribution is 6.20. The highest BCUT2D eigenvalue weighted by Gasteiger charge is 2.22. The molecule has 3 nitrogen and oxygen atoms in total. The van der Waals surface area contributed by atoms with Gasteiger partial charge in [-0.3, -0.25) is 0 Å². The standard InChI is InChI=1S/C62H40N2O/c1-2-18-47(19-3-1)64-56-26-9-8-23-54(56)60-52(25-12-27-57(60)64)46-17-10-20-49(40-46)63(58-28-13-29-59-61(58)55-39-36-44-15-5-7-22-53(44)62(55)65-59)48-37-34-42(35-38-48)41-30-32-45(33-31-41)51-24-11-16-43-14-4-6-21-50(43)51/h1-40H/i10D,17D,20D,40D. The summed E-state index contributed by atoms with van der Waals surface area (Å²) in [5.41, 5.74) is 11.2. The smallest absolute Gasteiger partial charge is 0.143 e. The molecule has 13 aromatic rings. The summed E-state index contributed by atoms with van der Waals surface area (Å²) in [5.74, 6) is 0. The molecule has 0 aliphatic carbocycles. The fraction of sp³-hybridized carbons (Fsp3) is 0. The predicted molar refractivity (Wildman–Crippen MR) is 274 cm³/mol. The molecule has 0 saturated heterocycles. The summed E-state index contributed by atoms with van der Waals surface area (Å²) in [4.78, 5) is 1.93. The van der Waals surface area contributed by atoms with Gasteiger partial charge >= 0.3 is 0 Å². The first-order valence-electron chi connectivity index (χ1n) is 23.9. The van der Waals surface area contributed by atoms with Crippen molar-refractivity contribution in [2.75, 3.05) is 4.90 Å². The molecule has 0 unspecified atom stereocenters. The minimum atomic E-state index is -0.261. The Hall–Kier alpha value is -8.66. The molecule has 2 aromatic heterocycles. The first-order chi connectivity index (χ1) is 33.9. The highest BCUT2D eigenvalue weighted by atomic mass is 16.3. The zero-order chi connectivity index (χ0) is 46.3. The molecule has 0 spiro atoms. The largest absolute Gasteiger partial charge is 0.455 e. The lowest BCUT2D eigenvalue weighted by atomic mass is 9.96. The summed E-state index contributed by atoms with van der Waals surface area (Å²) >= 11 is 0. The van der Waals surface area contributed by atoms with E-state index in [9.17, 15) is 5.48 Å².